The number of hydrogen-bond acceptors (Lipinski definition) is 8. The lowest BCUT2D eigenvalue weighted by atomic mass is 10.2. The molecule has 0 spiro atoms. The van der Waals surface area contributed by atoms with Gasteiger partial charge in [-0.2, -0.15) is 0 Å². The number of fused-ring (bicyclic) bond motifs is 1. The quantitative estimate of drug-likeness (QED) is 0.241. The maximum absolute atomic E-state index is 9.62. The Bertz CT molecular complexity index is 1460. The minimum atomic E-state index is 0.232. The Kier molecular flexibility index (Phi) is 6.53. The first-order valence-electron chi connectivity index (χ1n) is 10.4. The number of nitrogens with one attached hydrogen (secondary N) is 1. The summed E-state index contributed by atoms with van der Waals surface area (Å²) < 4.78 is 6.77. The topological polar surface area (TPSA) is 80.2 Å². The standard InChI is InChI=1S/C25H19ClN4O2S2/c1-15-2-9-20-24(29-15)27-14-28-25(20)30-21-12-17(32-13-19-8-11-23(26)34-19)5-10-22(21)33-18-6-3-16(31)4-7-18/h2-12,14,31H,13H2,1H3,(H,27,28,29,30). The SMILES string of the molecule is Cc1ccc2c(Nc3cc(OCc4ccc(Cl)s4)ccc3Sc3ccc(O)cc3)ncnc2n1. The second-order valence-corrected chi connectivity index (χ2v) is 10.3. The van der Waals surface area contributed by atoms with Crippen LogP contribution in [-0.2, 0) is 6.61 Å². The first kappa shape index (κ1) is 22.5. The van der Waals surface area contributed by atoms with Crippen LogP contribution < -0.4 is 10.1 Å². The van der Waals surface area contributed by atoms with Crippen molar-refractivity contribution in [3.8, 4) is 11.5 Å². The zero-order valence-corrected chi connectivity index (χ0v) is 20.4. The van der Waals surface area contributed by atoms with Crippen molar-refractivity contribution in [2.24, 2.45) is 0 Å². The van der Waals surface area contributed by atoms with E-state index in [-0.39, 0.29) is 5.75 Å². The summed E-state index contributed by atoms with van der Waals surface area (Å²) in [5, 5.41) is 13.9. The molecule has 0 atom stereocenters. The average molecular weight is 507 g/mol. The van der Waals surface area contributed by atoms with Crippen LogP contribution in [0.5, 0.6) is 11.5 Å². The molecule has 9 heteroatoms. The number of halogens is 1. The summed E-state index contributed by atoms with van der Waals surface area (Å²) in [7, 11) is 0. The van der Waals surface area contributed by atoms with E-state index in [0.717, 1.165) is 41.5 Å². The fraction of sp³-hybridized carbons (Fsp3) is 0.0800. The van der Waals surface area contributed by atoms with Crippen molar-refractivity contribution in [3.05, 3.63) is 88.0 Å². The summed E-state index contributed by atoms with van der Waals surface area (Å²) in [4.78, 5) is 16.3. The molecule has 5 aromatic rings. The number of phenolic OH excluding ortho intramolecular Hbond substituents is 1. The van der Waals surface area contributed by atoms with Crippen molar-refractivity contribution >= 4 is 57.2 Å². The number of phenols is 1. The summed E-state index contributed by atoms with van der Waals surface area (Å²) in [6.07, 6.45) is 1.50. The molecule has 2 aromatic carbocycles. The summed E-state index contributed by atoms with van der Waals surface area (Å²) >= 11 is 9.11. The van der Waals surface area contributed by atoms with Crippen LogP contribution in [0, 0.1) is 6.92 Å². The van der Waals surface area contributed by atoms with Gasteiger partial charge in [-0.25, -0.2) is 15.0 Å². The van der Waals surface area contributed by atoms with Crippen molar-refractivity contribution in [2.75, 3.05) is 5.32 Å². The van der Waals surface area contributed by atoms with Crippen LogP contribution in [0.3, 0.4) is 0 Å². The molecule has 3 heterocycles. The molecule has 3 aromatic heterocycles. The van der Waals surface area contributed by atoms with E-state index in [0.29, 0.717) is 18.1 Å². The third-order valence-corrected chi connectivity index (χ3v) is 7.20. The molecule has 0 saturated heterocycles. The smallest absolute Gasteiger partial charge is 0.164 e. The van der Waals surface area contributed by atoms with Gasteiger partial charge in [-0.05, 0) is 67.6 Å². The maximum atomic E-state index is 9.62. The third-order valence-electron chi connectivity index (χ3n) is 4.91. The van der Waals surface area contributed by atoms with Crippen LogP contribution >= 0.6 is 34.7 Å². The number of anilines is 2. The number of ether oxygens (including phenoxy) is 1. The molecule has 170 valence electrons. The maximum Gasteiger partial charge on any atom is 0.164 e. The number of aromatic nitrogens is 3. The van der Waals surface area contributed by atoms with Crippen LogP contribution in [0.2, 0.25) is 4.34 Å². The molecule has 0 aliphatic rings. The molecular formula is C25H19ClN4O2S2. The van der Waals surface area contributed by atoms with Gasteiger partial charge >= 0.3 is 0 Å². The lowest BCUT2D eigenvalue weighted by Gasteiger charge is -2.15. The number of aryl methyl sites for hydroxylation is 1. The highest BCUT2D eigenvalue weighted by Gasteiger charge is 2.12. The van der Waals surface area contributed by atoms with Gasteiger partial charge in [-0.15, -0.1) is 11.3 Å². The molecule has 2 N–H and O–H groups in total. The minimum absolute atomic E-state index is 0.232. The monoisotopic (exact) mass is 506 g/mol. The third kappa shape index (κ3) is 5.25. The number of aromatic hydroxyl groups is 1. The first-order valence-corrected chi connectivity index (χ1v) is 12.4. The predicted molar refractivity (Wildman–Crippen MR) is 138 cm³/mol. The van der Waals surface area contributed by atoms with Crippen molar-refractivity contribution in [2.45, 2.75) is 23.3 Å². The van der Waals surface area contributed by atoms with E-state index in [1.54, 1.807) is 23.9 Å². The highest BCUT2D eigenvalue weighted by molar-refractivity contribution is 7.99. The number of thiophene rings is 1. The van der Waals surface area contributed by atoms with Gasteiger partial charge in [0.15, 0.2) is 5.65 Å². The fourth-order valence-electron chi connectivity index (χ4n) is 3.27. The Morgan fingerprint density at radius 2 is 1.88 bits per heavy atom. The minimum Gasteiger partial charge on any atom is -0.508 e. The Morgan fingerprint density at radius 3 is 2.68 bits per heavy atom. The predicted octanol–water partition coefficient (Wildman–Crippen LogP) is 7.23. The van der Waals surface area contributed by atoms with Gasteiger partial charge in [0.1, 0.15) is 30.3 Å². The Hall–Kier alpha value is -3.33. The molecule has 0 aliphatic heterocycles. The van der Waals surface area contributed by atoms with Crippen molar-refractivity contribution in [1.29, 1.82) is 0 Å². The number of nitrogens with zero attached hydrogens (tertiary/aromatic N) is 3. The van der Waals surface area contributed by atoms with Crippen LogP contribution in [0.15, 0.2) is 82.8 Å². The molecule has 0 aliphatic carbocycles. The fourth-order valence-corrected chi connectivity index (χ4v) is 5.16. The molecular weight excluding hydrogens is 488 g/mol. The van der Waals surface area contributed by atoms with Crippen molar-refractivity contribution in [3.63, 3.8) is 0 Å². The molecule has 6 nitrogen and oxygen atoms in total. The first-order chi connectivity index (χ1) is 16.5. The molecule has 0 saturated carbocycles. The number of benzene rings is 2. The van der Waals surface area contributed by atoms with Gasteiger partial charge in [0, 0.05) is 26.4 Å². The second-order valence-electron chi connectivity index (χ2n) is 7.42. The summed E-state index contributed by atoms with van der Waals surface area (Å²) in [5.41, 5.74) is 2.36. The molecule has 5 rings (SSSR count). The lowest BCUT2D eigenvalue weighted by molar-refractivity contribution is 0.310. The van der Waals surface area contributed by atoms with Crippen molar-refractivity contribution in [1.82, 2.24) is 15.0 Å². The van der Waals surface area contributed by atoms with Gasteiger partial charge in [-0.1, -0.05) is 23.4 Å². The highest BCUT2D eigenvalue weighted by Crippen LogP contribution is 2.38. The largest absolute Gasteiger partial charge is 0.508 e. The van der Waals surface area contributed by atoms with Gasteiger partial charge < -0.3 is 15.2 Å². The van der Waals surface area contributed by atoms with E-state index in [4.69, 9.17) is 16.3 Å². The van der Waals surface area contributed by atoms with E-state index in [1.807, 2.05) is 61.5 Å². The zero-order chi connectivity index (χ0) is 23.5. The zero-order valence-electron chi connectivity index (χ0n) is 18.0. The van der Waals surface area contributed by atoms with Gasteiger partial charge in [0.2, 0.25) is 0 Å². The van der Waals surface area contributed by atoms with E-state index in [9.17, 15) is 5.11 Å². The molecule has 0 amide bonds. The van der Waals surface area contributed by atoms with E-state index in [2.05, 4.69) is 20.3 Å². The molecule has 0 bridgehead atoms. The van der Waals surface area contributed by atoms with E-state index in [1.165, 1.54) is 17.7 Å². The van der Waals surface area contributed by atoms with Crippen LogP contribution in [0.25, 0.3) is 11.0 Å². The van der Waals surface area contributed by atoms with E-state index < -0.39 is 0 Å². The van der Waals surface area contributed by atoms with Crippen molar-refractivity contribution < 1.29 is 9.84 Å². The van der Waals surface area contributed by atoms with Crippen LogP contribution in [0.1, 0.15) is 10.6 Å². The van der Waals surface area contributed by atoms with Gasteiger partial charge in [0.25, 0.3) is 0 Å². The summed E-state index contributed by atoms with van der Waals surface area (Å²) in [6, 6.07) is 20.7. The molecule has 0 radical (unpaired) electrons. The average Bonchev–Trinajstić information content (AvgIpc) is 3.25. The Morgan fingerprint density at radius 1 is 1.03 bits per heavy atom. The Balaban J connectivity index is 1.48. The summed E-state index contributed by atoms with van der Waals surface area (Å²) in [6.45, 7) is 2.36. The Labute approximate surface area is 209 Å². The van der Waals surface area contributed by atoms with Crippen LogP contribution in [0.4, 0.5) is 11.5 Å². The number of pyridine rings is 1. The van der Waals surface area contributed by atoms with Gasteiger partial charge in [-0.3, -0.25) is 0 Å². The van der Waals surface area contributed by atoms with E-state index >= 15 is 0 Å². The normalized spacial score (nSPS) is 11.0. The van der Waals surface area contributed by atoms with Crippen LogP contribution in [-0.4, -0.2) is 20.1 Å². The summed E-state index contributed by atoms with van der Waals surface area (Å²) in [5.74, 6) is 1.61. The molecule has 0 fully saturated rings. The number of rotatable bonds is 7. The molecule has 34 heavy (non-hydrogen) atoms. The number of hydrogen-bond donors (Lipinski definition) is 2. The molecule has 0 unspecified atom stereocenters. The highest BCUT2D eigenvalue weighted by atomic mass is 35.5. The van der Waals surface area contributed by atoms with Gasteiger partial charge in [0.05, 0.1) is 15.4 Å². The second kappa shape index (κ2) is 9.89. The lowest BCUT2D eigenvalue weighted by Crippen LogP contribution is -2.00.